The molecule has 2 amide bonds. The molecule has 0 atom stereocenters. The second-order valence-corrected chi connectivity index (χ2v) is 7.01. The minimum absolute atomic E-state index is 0.144. The maximum atomic E-state index is 12.9. The van der Waals surface area contributed by atoms with Gasteiger partial charge in [-0.25, -0.2) is 0 Å². The second kappa shape index (κ2) is 6.71. The van der Waals surface area contributed by atoms with Gasteiger partial charge in [0.15, 0.2) is 0 Å². The highest BCUT2D eigenvalue weighted by atomic mass is 16.2. The summed E-state index contributed by atoms with van der Waals surface area (Å²) in [6.07, 6.45) is 1.19. The van der Waals surface area contributed by atoms with Crippen LogP contribution in [0, 0.1) is 5.41 Å². The number of para-hydroxylation sites is 1. The van der Waals surface area contributed by atoms with E-state index < -0.39 is 5.41 Å². The molecule has 4 nitrogen and oxygen atoms in total. The predicted octanol–water partition coefficient (Wildman–Crippen LogP) is 4.19. The number of rotatable bonds is 5. The molecule has 2 aromatic carbocycles. The van der Waals surface area contributed by atoms with Gasteiger partial charge in [-0.15, -0.1) is 0 Å². The molecule has 0 bridgehead atoms. The Morgan fingerprint density at radius 3 is 2.12 bits per heavy atom. The lowest BCUT2D eigenvalue weighted by Gasteiger charge is -2.23. The summed E-state index contributed by atoms with van der Waals surface area (Å²) in [4.78, 5) is 27.2. The van der Waals surface area contributed by atoms with Gasteiger partial charge in [-0.3, -0.25) is 9.59 Å². The molecule has 1 fully saturated rings. The van der Waals surface area contributed by atoms with Crippen LogP contribution in [0.5, 0.6) is 0 Å². The Labute approximate surface area is 148 Å². The molecule has 2 aromatic rings. The number of amides is 2. The summed E-state index contributed by atoms with van der Waals surface area (Å²) in [5.74, 6) is 0.0909. The van der Waals surface area contributed by atoms with Crippen LogP contribution >= 0.6 is 0 Å². The van der Waals surface area contributed by atoms with E-state index in [1.165, 1.54) is 5.56 Å². The van der Waals surface area contributed by atoms with Crippen molar-refractivity contribution in [3.63, 3.8) is 0 Å². The molecule has 0 radical (unpaired) electrons. The largest absolute Gasteiger partial charge is 0.325 e. The minimum Gasteiger partial charge on any atom is -0.325 e. The molecule has 130 valence electrons. The summed E-state index contributed by atoms with van der Waals surface area (Å²) in [5.41, 5.74) is 1.82. The summed E-state index contributed by atoms with van der Waals surface area (Å²) in [6, 6.07) is 17.2. The molecule has 4 heteroatoms. The van der Waals surface area contributed by atoms with Crippen molar-refractivity contribution >= 4 is 23.2 Å². The molecule has 1 aliphatic rings. The zero-order valence-electron chi connectivity index (χ0n) is 15.0. The van der Waals surface area contributed by atoms with Gasteiger partial charge in [-0.2, -0.15) is 0 Å². The van der Waals surface area contributed by atoms with E-state index in [4.69, 9.17) is 0 Å². The Morgan fingerprint density at radius 1 is 1.00 bits per heavy atom. The van der Waals surface area contributed by atoms with Crippen LogP contribution in [0.25, 0.3) is 0 Å². The number of nitrogens with zero attached hydrogens (tertiary/aromatic N) is 1. The smallest absolute Gasteiger partial charge is 0.242 e. The molecule has 0 aliphatic heterocycles. The van der Waals surface area contributed by atoms with Crippen LogP contribution in [0.3, 0.4) is 0 Å². The van der Waals surface area contributed by atoms with E-state index in [0.29, 0.717) is 18.8 Å². The number of hydrogen-bond donors (Lipinski definition) is 1. The van der Waals surface area contributed by atoms with E-state index in [0.717, 1.165) is 11.4 Å². The van der Waals surface area contributed by atoms with Gasteiger partial charge in [0.1, 0.15) is 5.41 Å². The Hall–Kier alpha value is -2.62. The molecule has 1 aliphatic carbocycles. The van der Waals surface area contributed by atoms with E-state index in [9.17, 15) is 9.59 Å². The van der Waals surface area contributed by atoms with Crippen molar-refractivity contribution in [2.45, 2.75) is 32.6 Å². The number of carbonyl (C=O) groups excluding carboxylic acids is 2. The molecule has 25 heavy (non-hydrogen) atoms. The van der Waals surface area contributed by atoms with Gasteiger partial charge in [0.2, 0.25) is 11.8 Å². The molecule has 0 spiro atoms. The molecule has 0 aromatic heterocycles. The zero-order chi connectivity index (χ0) is 18.0. The van der Waals surface area contributed by atoms with Crippen LogP contribution in [-0.2, 0) is 9.59 Å². The fourth-order valence-corrected chi connectivity index (χ4v) is 2.96. The second-order valence-electron chi connectivity index (χ2n) is 7.01. The van der Waals surface area contributed by atoms with Gasteiger partial charge >= 0.3 is 0 Å². The van der Waals surface area contributed by atoms with Crippen molar-refractivity contribution in [3.8, 4) is 0 Å². The van der Waals surface area contributed by atoms with Gasteiger partial charge < -0.3 is 10.2 Å². The monoisotopic (exact) mass is 336 g/mol. The predicted molar refractivity (Wildman–Crippen MR) is 101 cm³/mol. The Balaban J connectivity index is 1.71. The SMILES string of the molecule is CC(C)c1ccc(NC(=O)C2(C(=O)N(C)c3ccccc3)CC2)cc1. The van der Waals surface area contributed by atoms with Gasteiger partial charge in [0, 0.05) is 18.4 Å². The summed E-state index contributed by atoms with van der Waals surface area (Å²) < 4.78 is 0. The molecule has 1 N–H and O–H groups in total. The standard InChI is InChI=1S/C21H24N2O2/c1-15(2)16-9-11-17(12-10-16)22-19(24)21(13-14-21)20(25)23(3)18-7-5-4-6-8-18/h4-12,15H,13-14H2,1-3H3,(H,22,24). The quantitative estimate of drug-likeness (QED) is 0.832. The molecule has 0 unspecified atom stereocenters. The maximum absolute atomic E-state index is 12.9. The third kappa shape index (κ3) is 3.43. The van der Waals surface area contributed by atoms with Gasteiger partial charge in [-0.1, -0.05) is 44.2 Å². The topological polar surface area (TPSA) is 49.4 Å². The lowest BCUT2D eigenvalue weighted by Crippen LogP contribution is -2.41. The third-order valence-corrected chi connectivity index (χ3v) is 4.88. The number of anilines is 2. The van der Waals surface area contributed by atoms with Crippen molar-refractivity contribution in [3.05, 3.63) is 60.2 Å². The highest BCUT2D eigenvalue weighted by Crippen LogP contribution is 2.48. The van der Waals surface area contributed by atoms with Crippen molar-refractivity contribution in [1.29, 1.82) is 0 Å². The normalized spacial score (nSPS) is 14.9. The first-order valence-corrected chi connectivity index (χ1v) is 8.69. The molecule has 1 saturated carbocycles. The molecule has 0 heterocycles. The summed E-state index contributed by atoms with van der Waals surface area (Å²) in [5, 5.41) is 2.91. The Kier molecular flexibility index (Phi) is 4.62. The van der Waals surface area contributed by atoms with Crippen LogP contribution in [-0.4, -0.2) is 18.9 Å². The molecular formula is C21H24N2O2. The maximum Gasteiger partial charge on any atom is 0.242 e. The van der Waals surface area contributed by atoms with Crippen molar-refractivity contribution in [1.82, 2.24) is 0 Å². The Morgan fingerprint density at radius 2 is 1.60 bits per heavy atom. The van der Waals surface area contributed by atoms with Crippen molar-refractivity contribution < 1.29 is 9.59 Å². The van der Waals surface area contributed by atoms with Crippen LogP contribution in [0.4, 0.5) is 11.4 Å². The fraction of sp³-hybridized carbons (Fsp3) is 0.333. The first kappa shape index (κ1) is 17.2. The van der Waals surface area contributed by atoms with E-state index in [-0.39, 0.29) is 11.8 Å². The number of nitrogens with one attached hydrogen (secondary N) is 1. The highest BCUT2D eigenvalue weighted by Gasteiger charge is 2.57. The minimum atomic E-state index is -0.929. The van der Waals surface area contributed by atoms with Crippen LogP contribution in [0.1, 0.15) is 38.2 Å². The van der Waals surface area contributed by atoms with Crippen LogP contribution < -0.4 is 10.2 Å². The Bertz CT molecular complexity index is 762. The first-order valence-electron chi connectivity index (χ1n) is 8.69. The van der Waals surface area contributed by atoms with Crippen LogP contribution in [0.2, 0.25) is 0 Å². The molecular weight excluding hydrogens is 312 g/mol. The van der Waals surface area contributed by atoms with Crippen molar-refractivity contribution in [2.24, 2.45) is 5.41 Å². The summed E-state index contributed by atoms with van der Waals surface area (Å²) in [7, 11) is 1.72. The zero-order valence-corrected chi connectivity index (χ0v) is 15.0. The summed E-state index contributed by atoms with van der Waals surface area (Å²) >= 11 is 0. The van der Waals surface area contributed by atoms with Crippen LogP contribution in [0.15, 0.2) is 54.6 Å². The molecule has 0 saturated heterocycles. The van der Waals surface area contributed by atoms with Gasteiger partial charge in [0.05, 0.1) is 0 Å². The number of carbonyl (C=O) groups is 2. The van der Waals surface area contributed by atoms with Crippen molar-refractivity contribution in [2.75, 3.05) is 17.3 Å². The number of benzene rings is 2. The average Bonchev–Trinajstić information content (AvgIpc) is 3.43. The van der Waals surface area contributed by atoms with E-state index >= 15 is 0 Å². The third-order valence-electron chi connectivity index (χ3n) is 4.88. The van der Waals surface area contributed by atoms with E-state index in [1.54, 1.807) is 11.9 Å². The number of hydrogen-bond acceptors (Lipinski definition) is 2. The molecule has 3 rings (SSSR count). The first-order chi connectivity index (χ1) is 11.9. The van der Waals surface area contributed by atoms with E-state index in [1.807, 2.05) is 54.6 Å². The lowest BCUT2D eigenvalue weighted by atomic mass is 10.0. The van der Waals surface area contributed by atoms with Gasteiger partial charge in [0.25, 0.3) is 0 Å². The lowest BCUT2D eigenvalue weighted by molar-refractivity contribution is -0.132. The van der Waals surface area contributed by atoms with E-state index in [2.05, 4.69) is 19.2 Å². The summed E-state index contributed by atoms with van der Waals surface area (Å²) in [6.45, 7) is 4.26. The highest BCUT2D eigenvalue weighted by molar-refractivity contribution is 6.17. The van der Waals surface area contributed by atoms with Gasteiger partial charge in [-0.05, 0) is 48.6 Å². The fourth-order valence-electron chi connectivity index (χ4n) is 2.96. The average molecular weight is 336 g/mol.